The van der Waals surface area contributed by atoms with Crippen molar-refractivity contribution >= 4 is 22.4 Å². The van der Waals surface area contributed by atoms with E-state index in [0.717, 1.165) is 12.1 Å². The van der Waals surface area contributed by atoms with Gasteiger partial charge >= 0.3 is 18.3 Å². The van der Waals surface area contributed by atoms with Crippen molar-refractivity contribution in [1.82, 2.24) is 4.98 Å². The van der Waals surface area contributed by atoms with Crippen LogP contribution in [-0.2, 0) is 11.0 Å². The Bertz CT molecular complexity index is 769. The molecule has 4 nitrogen and oxygen atoms in total. The van der Waals surface area contributed by atoms with Crippen LogP contribution in [0.25, 0.3) is 11.3 Å². The van der Waals surface area contributed by atoms with Crippen LogP contribution in [0.4, 0.5) is 31.5 Å². The number of alkyl halides is 6. The molecule has 136 valence electrons. The van der Waals surface area contributed by atoms with E-state index in [0.29, 0.717) is 11.3 Å². The molecule has 0 aliphatic heterocycles. The Morgan fingerprint density at radius 1 is 1.24 bits per heavy atom. The number of ether oxygens (including phenoxy) is 1. The third kappa shape index (κ3) is 4.62. The number of aromatic nitrogens is 1. The summed E-state index contributed by atoms with van der Waals surface area (Å²) >= 11 is 0.661. The molecule has 1 aromatic carbocycles. The number of nitrogens with zero attached hydrogens (tertiary/aromatic N) is 1. The lowest BCUT2D eigenvalue weighted by molar-refractivity contribution is -0.167. The minimum Gasteiger partial charge on any atom is -0.493 e. The number of thiazole rings is 1. The molecule has 1 amide bonds. The van der Waals surface area contributed by atoms with Gasteiger partial charge in [0, 0.05) is 10.9 Å². The van der Waals surface area contributed by atoms with Gasteiger partial charge in [0.25, 0.3) is 0 Å². The summed E-state index contributed by atoms with van der Waals surface area (Å²) in [4.78, 5) is 14.6. The second-order valence-corrected chi connectivity index (χ2v) is 5.49. The molecule has 11 heteroatoms. The Morgan fingerprint density at radius 2 is 1.92 bits per heavy atom. The molecule has 1 heterocycles. The maximum absolute atomic E-state index is 13.1. The van der Waals surface area contributed by atoms with Gasteiger partial charge in [0.1, 0.15) is 5.75 Å². The van der Waals surface area contributed by atoms with E-state index in [1.807, 2.05) is 0 Å². The fraction of sp³-hybridized carbons (Fsp3) is 0.286. The van der Waals surface area contributed by atoms with E-state index in [-0.39, 0.29) is 28.7 Å². The Balaban J connectivity index is 2.32. The van der Waals surface area contributed by atoms with Gasteiger partial charge < -0.3 is 4.74 Å². The van der Waals surface area contributed by atoms with Gasteiger partial charge in [-0.15, -0.1) is 11.3 Å². The van der Waals surface area contributed by atoms with Gasteiger partial charge in [0.05, 0.1) is 17.9 Å². The molecule has 0 fully saturated rings. The lowest BCUT2D eigenvalue weighted by atomic mass is 10.1. The molecule has 0 spiro atoms. The van der Waals surface area contributed by atoms with Crippen molar-refractivity contribution in [1.29, 1.82) is 0 Å². The quantitative estimate of drug-likeness (QED) is 0.776. The number of anilines is 1. The molecule has 0 aliphatic carbocycles. The number of halogens is 6. The largest absolute Gasteiger partial charge is 0.493 e. The Labute approximate surface area is 141 Å². The predicted octanol–water partition coefficient (Wildman–Crippen LogP) is 4.73. The molecule has 0 saturated carbocycles. The number of hydrogen-bond acceptors (Lipinski definition) is 4. The smallest absolute Gasteiger partial charge is 0.471 e. The molecule has 0 unspecified atom stereocenters. The molecule has 1 N–H and O–H groups in total. The summed E-state index contributed by atoms with van der Waals surface area (Å²) in [5.41, 5.74) is -1.00. The second-order valence-electron chi connectivity index (χ2n) is 4.63. The zero-order valence-electron chi connectivity index (χ0n) is 12.5. The standard InChI is InChI=1S/C14H10F6N2O2S/c1-2-24-10-4-3-7(5-8(10)13(15,16)17)9-6-25-12(21-9)22-11(23)14(18,19)20/h3-6H,2H2,1H3,(H,21,22,23). The maximum Gasteiger partial charge on any atom is 0.471 e. The van der Waals surface area contributed by atoms with Gasteiger partial charge in [-0.1, -0.05) is 0 Å². The number of rotatable bonds is 4. The van der Waals surface area contributed by atoms with Crippen LogP contribution in [0, 0.1) is 0 Å². The van der Waals surface area contributed by atoms with Gasteiger partial charge in [-0.25, -0.2) is 4.98 Å². The van der Waals surface area contributed by atoms with Gasteiger partial charge in [0.15, 0.2) is 5.13 Å². The number of nitrogens with one attached hydrogen (secondary N) is 1. The topological polar surface area (TPSA) is 51.2 Å². The number of amides is 1. The van der Waals surface area contributed by atoms with Crippen LogP contribution >= 0.6 is 11.3 Å². The van der Waals surface area contributed by atoms with Crippen molar-refractivity contribution in [2.24, 2.45) is 0 Å². The van der Waals surface area contributed by atoms with Crippen molar-refractivity contribution in [2.75, 3.05) is 11.9 Å². The second kappa shape index (κ2) is 6.90. The lowest BCUT2D eigenvalue weighted by Crippen LogP contribution is -2.29. The van der Waals surface area contributed by atoms with E-state index < -0.39 is 23.8 Å². The first-order valence-corrected chi connectivity index (χ1v) is 7.58. The third-order valence-electron chi connectivity index (χ3n) is 2.86. The number of hydrogen-bond donors (Lipinski definition) is 1. The number of carbonyl (C=O) groups excluding carboxylic acids is 1. The van der Waals surface area contributed by atoms with Crippen LogP contribution in [0.15, 0.2) is 23.6 Å². The summed E-state index contributed by atoms with van der Waals surface area (Å²) in [6.45, 7) is 1.57. The number of benzene rings is 1. The molecular formula is C14H10F6N2O2S. The summed E-state index contributed by atoms with van der Waals surface area (Å²) in [6, 6.07) is 3.19. The van der Waals surface area contributed by atoms with E-state index in [4.69, 9.17) is 4.74 Å². The zero-order chi connectivity index (χ0) is 18.8. The molecule has 1 aromatic heterocycles. The van der Waals surface area contributed by atoms with E-state index in [2.05, 4.69) is 4.98 Å². The van der Waals surface area contributed by atoms with Crippen LogP contribution in [0.1, 0.15) is 12.5 Å². The van der Waals surface area contributed by atoms with Crippen molar-refractivity contribution in [3.8, 4) is 17.0 Å². The molecule has 0 atom stereocenters. The third-order valence-corrected chi connectivity index (χ3v) is 3.62. The average molecular weight is 384 g/mol. The SMILES string of the molecule is CCOc1ccc(-c2csc(NC(=O)C(F)(F)F)n2)cc1C(F)(F)F. The number of carbonyl (C=O) groups is 1. The van der Waals surface area contributed by atoms with Crippen LogP contribution in [0.2, 0.25) is 0 Å². The highest BCUT2D eigenvalue weighted by atomic mass is 32.1. The molecule has 2 rings (SSSR count). The molecule has 25 heavy (non-hydrogen) atoms. The van der Waals surface area contributed by atoms with E-state index in [9.17, 15) is 31.1 Å². The van der Waals surface area contributed by atoms with Crippen molar-refractivity contribution in [3.63, 3.8) is 0 Å². The van der Waals surface area contributed by atoms with Crippen LogP contribution in [-0.4, -0.2) is 23.7 Å². The summed E-state index contributed by atoms with van der Waals surface area (Å²) in [7, 11) is 0. The minimum absolute atomic E-state index is 0.00368. The Hall–Kier alpha value is -2.30. The molecule has 0 saturated heterocycles. The fourth-order valence-corrected chi connectivity index (χ4v) is 2.54. The maximum atomic E-state index is 13.1. The first kappa shape index (κ1) is 19.0. The molecule has 0 bridgehead atoms. The summed E-state index contributed by atoms with van der Waals surface area (Å²) in [5.74, 6) is -2.57. The summed E-state index contributed by atoms with van der Waals surface area (Å²) in [6.07, 6.45) is -9.77. The highest BCUT2D eigenvalue weighted by Gasteiger charge is 2.39. The molecule has 0 radical (unpaired) electrons. The Kier molecular flexibility index (Phi) is 5.26. The normalized spacial score (nSPS) is 12.1. The van der Waals surface area contributed by atoms with Crippen molar-refractivity contribution in [2.45, 2.75) is 19.3 Å². The molecule has 2 aromatic rings. The zero-order valence-corrected chi connectivity index (χ0v) is 13.3. The van der Waals surface area contributed by atoms with Gasteiger partial charge in [0.2, 0.25) is 0 Å². The van der Waals surface area contributed by atoms with E-state index in [1.165, 1.54) is 18.4 Å². The first-order chi connectivity index (χ1) is 11.5. The van der Waals surface area contributed by atoms with E-state index in [1.54, 1.807) is 5.32 Å². The van der Waals surface area contributed by atoms with Crippen LogP contribution < -0.4 is 10.1 Å². The highest BCUT2D eigenvalue weighted by molar-refractivity contribution is 7.14. The van der Waals surface area contributed by atoms with Gasteiger partial charge in [-0.2, -0.15) is 26.3 Å². The lowest BCUT2D eigenvalue weighted by Gasteiger charge is -2.14. The molecule has 0 aliphatic rings. The van der Waals surface area contributed by atoms with Crippen LogP contribution in [0.5, 0.6) is 5.75 Å². The monoisotopic (exact) mass is 384 g/mol. The van der Waals surface area contributed by atoms with Gasteiger partial charge in [-0.05, 0) is 25.1 Å². The first-order valence-electron chi connectivity index (χ1n) is 6.70. The van der Waals surface area contributed by atoms with Crippen LogP contribution in [0.3, 0.4) is 0 Å². The fourth-order valence-electron chi connectivity index (χ4n) is 1.82. The Morgan fingerprint density at radius 3 is 2.48 bits per heavy atom. The predicted molar refractivity (Wildman–Crippen MR) is 78.4 cm³/mol. The van der Waals surface area contributed by atoms with Crippen molar-refractivity contribution < 1.29 is 35.9 Å². The minimum atomic E-state index is -5.09. The highest BCUT2D eigenvalue weighted by Crippen LogP contribution is 2.39. The summed E-state index contributed by atoms with van der Waals surface area (Å²) in [5, 5.41) is 2.41. The van der Waals surface area contributed by atoms with Crippen molar-refractivity contribution in [3.05, 3.63) is 29.1 Å². The van der Waals surface area contributed by atoms with Gasteiger partial charge in [-0.3, -0.25) is 10.1 Å². The summed E-state index contributed by atoms with van der Waals surface area (Å²) < 4.78 is 80.8. The molecular weight excluding hydrogens is 374 g/mol. The van der Waals surface area contributed by atoms with E-state index >= 15 is 0 Å². The average Bonchev–Trinajstić information content (AvgIpc) is 2.94.